The van der Waals surface area contributed by atoms with Crippen LogP contribution in [-0.4, -0.2) is 0 Å². The van der Waals surface area contributed by atoms with Gasteiger partial charge in [-0.3, -0.25) is 0 Å². The second kappa shape index (κ2) is 13.2. The Hall–Kier alpha value is -6.74. The Morgan fingerprint density at radius 1 is 0.404 bits per heavy atom. The number of rotatable bonds is 6. The molecule has 0 fully saturated rings. The fraction of sp³-hybridized carbons (Fsp3) is 0.0545. The van der Waals surface area contributed by atoms with E-state index < -0.39 is 0 Å². The number of thiophene rings is 1. The van der Waals surface area contributed by atoms with Crippen molar-refractivity contribution in [3.63, 3.8) is 0 Å². The van der Waals surface area contributed by atoms with Crippen molar-refractivity contribution in [2.45, 2.75) is 19.3 Å². The summed E-state index contributed by atoms with van der Waals surface area (Å²) in [5.41, 5.74) is 16.1. The number of hydrogen-bond donors (Lipinski definition) is 0. The molecule has 0 amide bonds. The molecule has 2 heteroatoms. The molecule has 0 N–H and O–H groups in total. The highest BCUT2D eigenvalue weighted by atomic mass is 32.1. The first kappa shape index (κ1) is 33.6. The van der Waals surface area contributed by atoms with E-state index in [1.54, 1.807) is 0 Å². The lowest BCUT2D eigenvalue weighted by Crippen LogP contribution is -2.16. The molecule has 0 atom stereocenters. The van der Waals surface area contributed by atoms with Crippen molar-refractivity contribution in [1.82, 2.24) is 0 Å². The minimum Gasteiger partial charge on any atom is -0.308 e. The molecule has 270 valence electrons. The Morgan fingerprint density at radius 3 is 1.68 bits per heavy atom. The number of anilines is 3. The lowest BCUT2D eigenvalue weighted by molar-refractivity contribution is 0.660. The van der Waals surface area contributed by atoms with E-state index in [2.05, 4.69) is 219 Å². The zero-order valence-electron chi connectivity index (χ0n) is 31.9. The minimum absolute atomic E-state index is 0.115. The summed E-state index contributed by atoms with van der Waals surface area (Å²) in [4.78, 5) is 2.53. The quantitative estimate of drug-likeness (QED) is 0.164. The first-order chi connectivity index (χ1) is 28.0. The zero-order chi connectivity index (χ0) is 38.1. The van der Waals surface area contributed by atoms with Crippen LogP contribution in [-0.2, 0) is 5.41 Å². The monoisotopic (exact) mass is 745 g/mol. The van der Waals surface area contributed by atoms with Gasteiger partial charge in [-0.2, -0.15) is 0 Å². The van der Waals surface area contributed by atoms with E-state index in [9.17, 15) is 0 Å². The van der Waals surface area contributed by atoms with Gasteiger partial charge in [-0.05, 0) is 85.6 Å². The summed E-state index contributed by atoms with van der Waals surface area (Å²) in [5, 5.41) is 5.17. The number of benzene rings is 9. The highest BCUT2D eigenvalue weighted by Gasteiger charge is 2.38. The maximum absolute atomic E-state index is 2.53. The van der Waals surface area contributed by atoms with Crippen molar-refractivity contribution in [3.05, 3.63) is 211 Å². The van der Waals surface area contributed by atoms with Crippen LogP contribution in [0, 0.1) is 0 Å². The SMILES string of the molecule is CC1(C)c2ccccc2-c2c(N(c3ccc(-c4ccc(-c5ccccc5)cc4)cc3)c3cccc4c3sc3c(-c5ccccc5)cc5ccccc5c34)cccc21. The molecule has 1 heterocycles. The first-order valence-electron chi connectivity index (χ1n) is 19.8. The van der Waals surface area contributed by atoms with Crippen LogP contribution in [0.3, 0.4) is 0 Å². The molecule has 11 rings (SSSR count). The summed E-state index contributed by atoms with van der Waals surface area (Å²) in [7, 11) is 0. The van der Waals surface area contributed by atoms with Gasteiger partial charge in [0.15, 0.2) is 0 Å². The summed E-state index contributed by atoms with van der Waals surface area (Å²) >= 11 is 1.92. The van der Waals surface area contributed by atoms with E-state index in [0.29, 0.717) is 0 Å². The molecule has 9 aromatic carbocycles. The Morgan fingerprint density at radius 2 is 0.947 bits per heavy atom. The maximum Gasteiger partial charge on any atom is 0.0640 e. The molecule has 0 saturated carbocycles. The van der Waals surface area contributed by atoms with Crippen molar-refractivity contribution in [2.24, 2.45) is 0 Å². The lowest BCUT2D eigenvalue weighted by atomic mass is 9.82. The maximum atomic E-state index is 2.53. The Balaban J connectivity index is 1.14. The lowest BCUT2D eigenvalue weighted by Gasteiger charge is -2.29. The molecular weight excluding hydrogens is 707 g/mol. The molecule has 57 heavy (non-hydrogen) atoms. The Kier molecular flexibility index (Phi) is 7.77. The number of fused-ring (bicyclic) bond motifs is 8. The highest BCUT2D eigenvalue weighted by Crippen LogP contribution is 2.56. The van der Waals surface area contributed by atoms with Crippen molar-refractivity contribution in [2.75, 3.05) is 4.90 Å². The number of nitrogens with zero attached hydrogens (tertiary/aromatic N) is 1. The molecule has 1 aromatic heterocycles. The summed E-state index contributed by atoms with van der Waals surface area (Å²) < 4.78 is 2.60. The van der Waals surface area contributed by atoms with Gasteiger partial charge in [-0.25, -0.2) is 0 Å². The molecule has 0 spiro atoms. The van der Waals surface area contributed by atoms with Crippen LogP contribution in [0.2, 0.25) is 0 Å². The third-order valence-corrected chi connectivity index (χ3v) is 13.3. The number of hydrogen-bond acceptors (Lipinski definition) is 2. The molecule has 1 aliphatic rings. The van der Waals surface area contributed by atoms with Gasteiger partial charge >= 0.3 is 0 Å². The third-order valence-electron chi connectivity index (χ3n) is 12.1. The molecule has 0 radical (unpaired) electrons. The Bertz CT molecular complexity index is 3120. The van der Waals surface area contributed by atoms with Gasteiger partial charge in [0, 0.05) is 37.7 Å². The van der Waals surface area contributed by atoms with Crippen molar-refractivity contribution >= 4 is 59.3 Å². The predicted octanol–water partition coefficient (Wildman–Crippen LogP) is 16.0. The van der Waals surface area contributed by atoms with Gasteiger partial charge in [0.1, 0.15) is 0 Å². The molecule has 1 aliphatic carbocycles. The largest absolute Gasteiger partial charge is 0.308 e. The van der Waals surface area contributed by atoms with Crippen LogP contribution >= 0.6 is 11.3 Å². The van der Waals surface area contributed by atoms with E-state index in [-0.39, 0.29) is 5.41 Å². The van der Waals surface area contributed by atoms with Crippen LogP contribution in [0.5, 0.6) is 0 Å². The Labute approximate surface area is 337 Å². The predicted molar refractivity (Wildman–Crippen MR) is 245 cm³/mol. The fourth-order valence-corrected chi connectivity index (χ4v) is 10.6. The first-order valence-corrected chi connectivity index (χ1v) is 20.6. The molecule has 0 unspecified atom stereocenters. The van der Waals surface area contributed by atoms with E-state index in [0.717, 1.165) is 5.69 Å². The van der Waals surface area contributed by atoms with Crippen LogP contribution in [0.4, 0.5) is 17.1 Å². The molecule has 0 bridgehead atoms. The smallest absolute Gasteiger partial charge is 0.0640 e. The molecular formula is C55H39NS. The van der Waals surface area contributed by atoms with E-state index in [1.807, 2.05) is 11.3 Å². The average Bonchev–Trinajstić information content (AvgIpc) is 3.78. The topological polar surface area (TPSA) is 3.24 Å². The summed E-state index contributed by atoms with van der Waals surface area (Å²) in [6.45, 7) is 4.74. The second-order valence-corrected chi connectivity index (χ2v) is 16.7. The second-order valence-electron chi connectivity index (χ2n) is 15.7. The fourth-order valence-electron chi connectivity index (χ4n) is 9.26. The molecule has 0 aliphatic heterocycles. The van der Waals surface area contributed by atoms with Crippen molar-refractivity contribution in [3.8, 4) is 44.5 Å². The van der Waals surface area contributed by atoms with Crippen molar-refractivity contribution in [1.29, 1.82) is 0 Å². The van der Waals surface area contributed by atoms with Gasteiger partial charge in [0.2, 0.25) is 0 Å². The normalized spacial score (nSPS) is 12.9. The van der Waals surface area contributed by atoms with Gasteiger partial charge in [0.25, 0.3) is 0 Å². The molecule has 0 saturated heterocycles. The van der Waals surface area contributed by atoms with Gasteiger partial charge in [-0.15, -0.1) is 11.3 Å². The molecule has 10 aromatic rings. The highest BCUT2D eigenvalue weighted by molar-refractivity contribution is 7.27. The van der Waals surface area contributed by atoms with Gasteiger partial charge in [0.05, 0.1) is 16.1 Å². The van der Waals surface area contributed by atoms with Gasteiger partial charge < -0.3 is 4.90 Å². The average molecular weight is 746 g/mol. The summed E-state index contributed by atoms with van der Waals surface area (Å²) in [5.74, 6) is 0. The van der Waals surface area contributed by atoms with E-state index in [1.165, 1.54) is 98.0 Å². The third kappa shape index (κ3) is 5.36. The summed E-state index contributed by atoms with van der Waals surface area (Å²) in [6.07, 6.45) is 0. The van der Waals surface area contributed by atoms with E-state index >= 15 is 0 Å². The molecule has 1 nitrogen and oxygen atoms in total. The van der Waals surface area contributed by atoms with Crippen LogP contribution in [0.15, 0.2) is 200 Å². The van der Waals surface area contributed by atoms with Crippen molar-refractivity contribution < 1.29 is 0 Å². The van der Waals surface area contributed by atoms with Crippen LogP contribution in [0.25, 0.3) is 75.5 Å². The van der Waals surface area contributed by atoms with E-state index in [4.69, 9.17) is 0 Å². The standard InChI is InChI=1S/C55H39NS/c1-55(2)47-23-12-11-21-44(47)52-48(55)24-14-25-49(52)56(42-33-31-39(32-34-42)38-29-27-37(28-30-38)36-15-5-3-6-16-36)50-26-13-22-45-51-43-20-10-9-19-41(43)35-46(54(51)57-53(45)50)40-17-7-4-8-18-40/h3-35H,1-2H3. The van der Waals surface area contributed by atoms with Gasteiger partial charge in [-0.1, -0.05) is 184 Å². The van der Waals surface area contributed by atoms with Crippen LogP contribution < -0.4 is 4.90 Å². The zero-order valence-corrected chi connectivity index (χ0v) is 32.7. The van der Waals surface area contributed by atoms with Crippen LogP contribution in [0.1, 0.15) is 25.0 Å². The summed E-state index contributed by atoms with van der Waals surface area (Å²) in [6, 6.07) is 73.6. The minimum atomic E-state index is -0.115.